The molecule has 0 fully saturated rings. The molecular formula is C38H36N4O6S2. The molecule has 1 atom stereocenters. The van der Waals surface area contributed by atoms with E-state index in [4.69, 9.17) is 14.2 Å². The average molecular weight is 709 g/mol. The molecule has 5 aromatic rings. The van der Waals surface area contributed by atoms with Gasteiger partial charge in [-0.05, 0) is 98.8 Å². The minimum atomic E-state index is -0.541. The fourth-order valence-electron chi connectivity index (χ4n) is 4.68. The number of methoxy groups -OCH3 is 2. The lowest BCUT2D eigenvalue weighted by Gasteiger charge is -2.14. The first-order chi connectivity index (χ1) is 24.3. The molecule has 12 heteroatoms. The standard InChI is InChI=1S/C38H36N4O6S2/c1-5-48-29-15-11-25(12-16-29)33-23-49-38(41-33)42-35(43)24(2)50-31-18-13-28(14-19-31)39-37(45)32(40-36(44)26-9-7-6-8-10-26)22-27-21-30(46-3)17-20-34(27)47-4/h6-24H,5H2,1-4H3,(H,39,45)(H,40,44)(H,41,42,43)/b32-22-. The third kappa shape index (κ3) is 9.52. The molecule has 0 spiro atoms. The van der Waals surface area contributed by atoms with Gasteiger partial charge in [0.25, 0.3) is 11.8 Å². The smallest absolute Gasteiger partial charge is 0.272 e. The Morgan fingerprint density at radius 2 is 1.60 bits per heavy atom. The molecule has 0 aliphatic carbocycles. The van der Waals surface area contributed by atoms with Crippen LogP contribution in [0.3, 0.4) is 0 Å². The largest absolute Gasteiger partial charge is 0.497 e. The quantitative estimate of drug-likeness (QED) is 0.0790. The highest BCUT2D eigenvalue weighted by Crippen LogP contribution is 2.30. The summed E-state index contributed by atoms with van der Waals surface area (Å²) >= 11 is 2.73. The second kappa shape index (κ2) is 17.2. The van der Waals surface area contributed by atoms with E-state index in [1.165, 1.54) is 43.4 Å². The number of benzene rings is 4. The number of thiazole rings is 1. The van der Waals surface area contributed by atoms with Crippen LogP contribution in [0.2, 0.25) is 0 Å². The van der Waals surface area contributed by atoms with Crippen molar-refractivity contribution in [2.75, 3.05) is 31.5 Å². The zero-order chi connectivity index (χ0) is 35.5. The average Bonchev–Trinajstić information content (AvgIpc) is 3.61. The van der Waals surface area contributed by atoms with Crippen LogP contribution in [-0.2, 0) is 9.59 Å². The summed E-state index contributed by atoms with van der Waals surface area (Å²) < 4.78 is 16.3. The molecule has 0 radical (unpaired) electrons. The molecule has 0 bridgehead atoms. The Bertz CT molecular complexity index is 1960. The molecule has 1 aromatic heterocycles. The van der Waals surface area contributed by atoms with Crippen molar-refractivity contribution in [1.29, 1.82) is 0 Å². The Balaban J connectivity index is 1.23. The molecule has 5 rings (SSSR count). The first-order valence-corrected chi connectivity index (χ1v) is 17.4. The van der Waals surface area contributed by atoms with Gasteiger partial charge >= 0.3 is 0 Å². The van der Waals surface area contributed by atoms with Gasteiger partial charge in [0.1, 0.15) is 22.9 Å². The fourth-order valence-corrected chi connectivity index (χ4v) is 6.27. The van der Waals surface area contributed by atoms with Crippen molar-refractivity contribution in [3.8, 4) is 28.5 Å². The summed E-state index contributed by atoms with van der Waals surface area (Å²) in [6.07, 6.45) is 1.53. The van der Waals surface area contributed by atoms with Gasteiger partial charge < -0.3 is 30.2 Å². The molecule has 1 unspecified atom stereocenters. The first kappa shape index (κ1) is 35.7. The minimum Gasteiger partial charge on any atom is -0.497 e. The number of carbonyl (C=O) groups excluding carboxylic acids is 3. The summed E-state index contributed by atoms with van der Waals surface area (Å²) in [7, 11) is 3.06. The summed E-state index contributed by atoms with van der Waals surface area (Å²) in [6.45, 7) is 4.35. The number of aromatic nitrogens is 1. The van der Waals surface area contributed by atoms with Crippen molar-refractivity contribution >= 4 is 57.7 Å². The van der Waals surface area contributed by atoms with Gasteiger partial charge in [-0.2, -0.15) is 0 Å². The van der Waals surface area contributed by atoms with Gasteiger partial charge in [-0.3, -0.25) is 14.4 Å². The molecule has 3 N–H and O–H groups in total. The number of anilines is 2. The Morgan fingerprint density at radius 3 is 2.28 bits per heavy atom. The molecule has 10 nitrogen and oxygen atoms in total. The Labute approximate surface area is 298 Å². The molecule has 0 saturated heterocycles. The Morgan fingerprint density at radius 1 is 0.880 bits per heavy atom. The number of hydrogen-bond donors (Lipinski definition) is 3. The predicted molar refractivity (Wildman–Crippen MR) is 199 cm³/mol. The van der Waals surface area contributed by atoms with Crippen LogP contribution in [0.1, 0.15) is 29.8 Å². The number of nitrogens with zero attached hydrogens (tertiary/aromatic N) is 1. The maximum Gasteiger partial charge on any atom is 0.272 e. The van der Waals surface area contributed by atoms with E-state index in [0.717, 1.165) is 21.9 Å². The fraction of sp³-hybridized carbons (Fsp3) is 0.158. The van der Waals surface area contributed by atoms with E-state index in [9.17, 15) is 14.4 Å². The topological polar surface area (TPSA) is 128 Å². The number of ether oxygens (including phenoxy) is 3. The summed E-state index contributed by atoms with van der Waals surface area (Å²) in [4.78, 5) is 45.0. The third-order valence-electron chi connectivity index (χ3n) is 7.26. The lowest BCUT2D eigenvalue weighted by molar-refractivity contribution is -0.115. The highest BCUT2D eigenvalue weighted by Gasteiger charge is 2.19. The number of carbonyl (C=O) groups is 3. The van der Waals surface area contributed by atoms with E-state index in [2.05, 4.69) is 20.9 Å². The molecule has 4 aromatic carbocycles. The zero-order valence-corrected chi connectivity index (χ0v) is 29.5. The van der Waals surface area contributed by atoms with Crippen LogP contribution in [-0.4, -0.2) is 48.8 Å². The highest BCUT2D eigenvalue weighted by molar-refractivity contribution is 8.00. The van der Waals surface area contributed by atoms with Crippen LogP contribution in [0.25, 0.3) is 17.3 Å². The van der Waals surface area contributed by atoms with Gasteiger partial charge in [0, 0.05) is 32.7 Å². The van der Waals surface area contributed by atoms with Gasteiger partial charge in [0.2, 0.25) is 5.91 Å². The summed E-state index contributed by atoms with van der Waals surface area (Å²) in [5, 5.41) is 10.5. The van der Waals surface area contributed by atoms with Crippen molar-refractivity contribution in [3.05, 3.63) is 119 Å². The number of nitrogens with one attached hydrogen (secondary N) is 3. The van der Waals surface area contributed by atoms with Crippen LogP contribution < -0.4 is 30.2 Å². The van der Waals surface area contributed by atoms with Crippen LogP contribution in [0.4, 0.5) is 10.8 Å². The molecule has 50 heavy (non-hydrogen) atoms. The Kier molecular flexibility index (Phi) is 12.3. The van der Waals surface area contributed by atoms with E-state index >= 15 is 0 Å². The molecule has 3 amide bonds. The van der Waals surface area contributed by atoms with Crippen molar-refractivity contribution in [3.63, 3.8) is 0 Å². The maximum absolute atomic E-state index is 13.6. The molecule has 1 heterocycles. The second-order valence-electron chi connectivity index (χ2n) is 10.7. The predicted octanol–water partition coefficient (Wildman–Crippen LogP) is 7.75. The molecule has 0 aliphatic rings. The third-order valence-corrected chi connectivity index (χ3v) is 9.12. The van der Waals surface area contributed by atoms with Crippen LogP contribution in [0, 0.1) is 0 Å². The van der Waals surface area contributed by atoms with Crippen molar-refractivity contribution in [2.45, 2.75) is 24.0 Å². The van der Waals surface area contributed by atoms with E-state index in [-0.39, 0.29) is 11.6 Å². The second-order valence-corrected chi connectivity index (χ2v) is 13.0. The van der Waals surface area contributed by atoms with Crippen LogP contribution >= 0.6 is 23.1 Å². The van der Waals surface area contributed by atoms with Gasteiger partial charge in [0.15, 0.2) is 5.13 Å². The first-order valence-electron chi connectivity index (χ1n) is 15.6. The monoisotopic (exact) mass is 708 g/mol. The number of hydrogen-bond acceptors (Lipinski definition) is 9. The molecule has 256 valence electrons. The number of thioether (sulfide) groups is 1. The van der Waals surface area contributed by atoms with Crippen LogP contribution in [0.15, 0.2) is 113 Å². The minimum absolute atomic E-state index is 0.00187. The normalized spacial score (nSPS) is 11.6. The Hall–Kier alpha value is -5.59. The zero-order valence-electron chi connectivity index (χ0n) is 27.9. The number of rotatable bonds is 14. The lowest BCUT2D eigenvalue weighted by atomic mass is 10.1. The van der Waals surface area contributed by atoms with E-state index in [1.54, 1.807) is 60.7 Å². The number of amides is 3. The summed E-state index contributed by atoms with van der Waals surface area (Å²) in [5.74, 6) is 0.672. The van der Waals surface area contributed by atoms with E-state index in [0.29, 0.717) is 40.1 Å². The highest BCUT2D eigenvalue weighted by atomic mass is 32.2. The van der Waals surface area contributed by atoms with Gasteiger partial charge in [-0.1, -0.05) is 18.2 Å². The van der Waals surface area contributed by atoms with Crippen LogP contribution in [0.5, 0.6) is 17.2 Å². The molecule has 0 saturated carbocycles. The van der Waals surface area contributed by atoms with E-state index < -0.39 is 17.1 Å². The van der Waals surface area contributed by atoms with Gasteiger partial charge in [0.05, 0.1) is 31.8 Å². The molecule has 0 aliphatic heterocycles. The summed E-state index contributed by atoms with van der Waals surface area (Å²) in [6, 6.07) is 28.5. The van der Waals surface area contributed by atoms with E-state index in [1.807, 2.05) is 55.6 Å². The van der Waals surface area contributed by atoms with Crippen molar-refractivity contribution in [2.24, 2.45) is 0 Å². The lowest BCUT2D eigenvalue weighted by Crippen LogP contribution is -2.30. The maximum atomic E-state index is 13.6. The SMILES string of the molecule is CCOc1ccc(-c2csc(NC(=O)C(C)Sc3ccc(NC(=O)/C(=C/c4cc(OC)ccc4OC)NC(=O)c4ccccc4)cc3)n2)cc1. The van der Waals surface area contributed by atoms with Gasteiger partial charge in [-0.25, -0.2) is 4.98 Å². The van der Waals surface area contributed by atoms with Crippen molar-refractivity contribution < 1.29 is 28.6 Å². The molecular weight excluding hydrogens is 673 g/mol. The van der Waals surface area contributed by atoms with Crippen molar-refractivity contribution in [1.82, 2.24) is 10.3 Å². The van der Waals surface area contributed by atoms with Gasteiger partial charge in [-0.15, -0.1) is 23.1 Å². The summed E-state index contributed by atoms with van der Waals surface area (Å²) in [5.41, 5.74) is 3.13.